The molecule has 94 valence electrons. The first-order valence-corrected chi connectivity index (χ1v) is 4.96. The van der Waals surface area contributed by atoms with E-state index < -0.39 is 24.6 Å². The molecule has 1 atom stereocenters. The van der Waals surface area contributed by atoms with E-state index in [-0.39, 0.29) is 0 Å². The van der Waals surface area contributed by atoms with Gasteiger partial charge in [-0.15, -0.1) is 0 Å². The van der Waals surface area contributed by atoms with Crippen LogP contribution in [0.15, 0.2) is 0 Å². The Morgan fingerprint density at radius 2 is 2.12 bits per heavy atom. The van der Waals surface area contributed by atoms with Gasteiger partial charge in [-0.25, -0.2) is 9.59 Å². The molecule has 0 bridgehead atoms. The molecular weight excluding hydrogens is 216 g/mol. The first-order valence-electron chi connectivity index (χ1n) is 4.96. The molecular formula is C9H18N2O5. The van der Waals surface area contributed by atoms with Crippen LogP contribution in [0.2, 0.25) is 0 Å². The minimum Gasteiger partial charge on any atom is -0.480 e. The third-order valence-corrected chi connectivity index (χ3v) is 1.90. The Kier molecular flexibility index (Phi) is 7.23. The average Bonchev–Trinajstić information content (AvgIpc) is 2.25. The second-order valence-corrected chi connectivity index (χ2v) is 3.14. The number of nitrogens with one attached hydrogen (secondary N) is 1. The lowest BCUT2D eigenvalue weighted by molar-refractivity contribution is -0.140. The van der Waals surface area contributed by atoms with Gasteiger partial charge in [0.2, 0.25) is 0 Å². The number of aliphatic hydroxyl groups excluding tert-OH is 1. The number of ether oxygens (including phenoxy) is 1. The lowest BCUT2D eigenvalue weighted by atomic mass is 10.3. The molecule has 0 heterocycles. The molecule has 0 saturated carbocycles. The number of carbonyl (C=O) groups excluding carboxylic acids is 1. The van der Waals surface area contributed by atoms with Crippen LogP contribution >= 0.6 is 0 Å². The summed E-state index contributed by atoms with van der Waals surface area (Å²) < 4.78 is 5.05. The number of amides is 2. The first-order chi connectivity index (χ1) is 7.52. The molecule has 0 aliphatic rings. The molecule has 7 heteroatoms. The molecule has 0 aliphatic heterocycles. The van der Waals surface area contributed by atoms with E-state index in [1.807, 2.05) is 6.92 Å². The second kappa shape index (κ2) is 7.89. The molecule has 2 amide bonds. The van der Waals surface area contributed by atoms with E-state index >= 15 is 0 Å². The standard InChI is InChI=1S/C9H18N2O5/c1-3-16-5-4-11(2)9(15)10-7(6-12)8(13)14/h7,12H,3-6H2,1-2H3,(H,10,15)(H,13,14)/t7-/m1/s1. The number of carboxylic acid groups (broad SMARTS) is 1. The number of nitrogens with zero attached hydrogens (tertiary/aromatic N) is 1. The SMILES string of the molecule is CCOCCN(C)C(=O)N[C@H](CO)C(=O)O. The number of aliphatic hydroxyl groups is 1. The van der Waals surface area contributed by atoms with Gasteiger partial charge in [-0.1, -0.05) is 0 Å². The van der Waals surface area contributed by atoms with Crippen molar-refractivity contribution in [2.45, 2.75) is 13.0 Å². The normalized spacial score (nSPS) is 11.9. The molecule has 3 N–H and O–H groups in total. The van der Waals surface area contributed by atoms with Crippen LogP contribution in [0.1, 0.15) is 6.92 Å². The number of hydrogen-bond donors (Lipinski definition) is 3. The van der Waals surface area contributed by atoms with Crippen molar-refractivity contribution < 1.29 is 24.5 Å². The van der Waals surface area contributed by atoms with Gasteiger partial charge < -0.3 is 25.2 Å². The van der Waals surface area contributed by atoms with E-state index in [9.17, 15) is 9.59 Å². The Morgan fingerprint density at radius 1 is 1.50 bits per heavy atom. The van der Waals surface area contributed by atoms with Crippen molar-refractivity contribution in [1.82, 2.24) is 10.2 Å². The largest absolute Gasteiger partial charge is 0.480 e. The van der Waals surface area contributed by atoms with Crippen LogP contribution in [0.4, 0.5) is 4.79 Å². The van der Waals surface area contributed by atoms with E-state index in [1.165, 1.54) is 11.9 Å². The summed E-state index contributed by atoms with van der Waals surface area (Å²) in [6.45, 7) is 2.51. The fraction of sp³-hybridized carbons (Fsp3) is 0.778. The Bertz CT molecular complexity index is 234. The Hall–Kier alpha value is -1.34. The van der Waals surface area contributed by atoms with E-state index in [4.69, 9.17) is 14.9 Å². The molecule has 0 aliphatic carbocycles. The van der Waals surface area contributed by atoms with Gasteiger partial charge in [-0.05, 0) is 6.92 Å². The van der Waals surface area contributed by atoms with Gasteiger partial charge in [0.25, 0.3) is 0 Å². The minimum absolute atomic E-state index is 0.359. The summed E-state index contributed by atoms with van der Waals surface area (Å²) in [5, 5.41) is 19.5. The molecule has 0 fully saturated rings. The highest BCUT2D eigenvalue weighted by atomic mass is 16.5. The number of likely N-dealkylation sites (N-methyl/N-ethyl adjacent to an activating group) is 1. The van der Waals surface area contributed by atoms with Gasteiger partial charge in [-0.3, -0.25) is 0 Å². The summed E-state index contributed by atoms with van der Waals surface area (Å²) in [7, 11) is 1.52. The summed E-state index contributed by atoms with van der Waals surface area (Å²) in [6, 6.07) is -1.83. The predicted molar refractivity (Wildman–Crippen MR) is 56.2 cm³/mol. The summed E-state index contributed by atoms with van der Waals surface area (Å²) in [6.07, 6.45) is 0. The Balaban J connectivity index is 3.98. The highest BCUT2D eigenvalue weighted by molar-refractivity contribution is 5.82. The number of carboxylic acids is 1. The third-order valence-electron chi connectivity index (χ3n) is 1.90. The second-order valence-electron chi connectivity index (χ2n) is 3.14. The maximum Gasteiger partial charge on any atom is 0.328 e. The van der Waals surface area contributed by atoms with Gasteiger partial charge in [0, 0.05) is 20.2 Å². The third kappa shape index (κ3) is 5.52. The molecule has 0 spiro atoms. The van der Waals surface area contributed by atoms with Crippen molar-refractivity contribution in [2.75, 3.05) is 33.4 Å². The van der Waals surface area contributed by atoms with Crippen molar-refractivity contribution in [3.05, 3.63) is 0 Å². The molecule has 0 aromatic carbocycles. The van der Waals surface area contributed by atoms with Crippen molar-refractivity contribution in [1.29, 1.82) is 0 Å². The van der Waals surface area contributed by atoms with Crippen LogP contribution < -0.4 is 5.32 Å². The summed E-state index contributed by atoms with van der Waals surface area (Å²) in [5.74, 6) is -1.27. The summed E-state index contributed by atoms with van der Waals surface area (Å²) in [4.78, 5) is 23.2. The summed E-state index contributed by atoms with van der Waals surface area (Å²) >= 11 is 0. The first kappa shape index (κ1) is 14.7. The molecule has 0 rings (SSSR count). The van der Waals surface area contributed by atoms with Crippen molar-refractivity contribution in [3.63, 3.8) is 0 Å². The minimum atomic E-state index is -1.28. The molecule has 0 saturated heterocycles. The van der Waals surface area contributed by atoms with E-state index in [0.29, 0.717) is 19.8 Å². The highest BCUT2D eigenvalue weighted by Crippen LogP contribution is 1.89. The molecule has 16 heavy (non-hydrogen) atoms. The zero-order valence-electron chi connectivity index (χ0n) is 9.47. The monoisotopic (exact) mass is 234 g/mol. The quantitative estimate of drug-likeness (QED) is 0.496. The lowest BCUT2D eigenvalue weighted by Crippen LogP contribution is -2.49. The highest BCUT2D eigenvalue weighted by Gasteiger charge is 2.20. The fourth-order valence-electron chi connectivity index (χ4n) is 0.892. The van der Waals surface area contributed by atoms with Crippen LogP contribution in [0.25, 0.3) is 0 Å². The van der Waals surface area contributed by atoms with Gasteiger partial charge in [0.05, 0.1) is 13.2 Å². The number of carbonyl (C=O) groups is 2. The van der Waals surface area contributed by atoms with Crippen molar-refractivity contribution in [3.8, 4) is 0 Å². The number of aliphatic carboxylic acids is 1. The number of rotatable bonds is 7. The fourth-order valence-corrected chi connectivity index (χ4v) is 0.892. The summed E-state index contributed by atoms with van der Waals surface area (Å²) in [5.41, 5.74) is 0. The maximum atomic E-state index is 11.4. The Morgan fingerprint density at radius 3 is 2.56 bits per heavy atom. The Labute approximate surface area is 94.0 Å². The topological polar surface area (TPSA) is 99.1 Å². The van der Waals surface area contributed by atoms with E-state index in [1.54, 1.807) is 0 Å². The van der Waals surface area contributed by atoms with Gasteiger partial charge in [-0.2, -0.15) is 0 Å². The van der Waals surface area contributed by atoms with Crippen molar-refractivity contribution >= 4 is 12.0 Å². The van der Waals surface area contributed by atoms with Gasteiger partial charge >= 0.3 is 12.0 Å². The van der Waals surface area contributed by atoms with Crippen molar-refractivity contribution in [2.24, 2.45) is 0 Å². The molecule has 0 aromatic rings. The zero-order chi connectivity index (χ0) is 12.6. The molecule has 7 nitrogen and oxygen atoms in total. The zero-order valence-corrected chi connectivity index (χ0v) is 9.47. The molecule has 0 unspecified atom stereocenters. The van der Waals surface area contributed by atoms with Crippen LogP contribution in [-0.4, -0.2) is 66.6 Å². The number of urea groups is 1. The van der Waals surface area contributed by atoms with Gasteiger partial charge in [0.1, 0.15) is 0 Å². The van der Waals surface area contributed by atoms with Crippen LogP contribution in [0.5, 0.6) is 0 Å². The molecule has 0 aromatic heterocycles. The van der Waals surface area contributed by atoms with Crippen LogP contribution in [-0.2, 0) is 9.53 Å². The average molecular weight is 234 g/mol. The van der Waals surface area contributed by atoms with E-state index in [0.717, 1.165) is 0 Å². The molecule has 0 radical (unpaired) electrons. The van der Waals surface area contributed by atoms with E-state index in [2.05, 4.69) is 5.32 Å². The predicted octanol–water partition coefficient (Wildman–Crippen LogP) is -0.890. The van der Waals surface area contributed by atoms with Crippen LogP contribution in [0, 0.1) is 0 Å². The maximum absolute atomic E-state index is 11.4. The van der Waals surface area contributed by atoms with Crippen LogP contribution in [0.3, 0.4) is 0 Å². The lowest BCUT2D eigenvalue weighted by Gasteiger charge is -2.20. The number of hydrogen-bond acceptors (Lipinski definition) is 4. The smallest absolute Gasteiger partial charge is 0.328 e. The van der Waals surface area contributed by atoms with Gasteiger partial charge in [0.15, 0.2) is 6.04 Å².